The Morgan fingerprint density at radius 1 is 1.05 bits per heavy atom. The van der Waals surface area contributed by atoms with Crippen LogP contribution in [0.4, 0.5) is 5.82 Å². The summed E-state index contributed by atoms with van der Waals surface area (Å²) in [6.45, 7) is 4.56. The fourth-order valence-electron chi connectivity index (χ4n) is 6.07. The van der Waals surface area contributed by atoms with Crippen LogP contribution in [0, 0.1) is 12.8 Å². The summed E-state index contributed by atoms with van der Waals surface area (Å²) in [4.78, 5) is 49.0. The summed E-state index contributed by atoms with van der Waals surface area (Å²) in [7, 11) is 0. The van der Waals surface area contributed by atoms with Gasteiger partial charge in [-0.1, -0.05) is 23.7 Å². The number of anilines is 1. The number of amides is 2. The first-order chi connectivity index (χ1) is 19.3. The van der Waals surface area contributed by atoms with Crippen LogP contribution in [0.15, 0.2) is 53.6 Å². The second-order valence-electron chi connectivity index (χ2n) is 10.8. The lowest BCUT2D eigenvalue weighted by Crippen LogP contribution is -2.39. The molecule has 2 aliphatic rings. The fourth-order valence-corrected chi connectivity index (χ4v) is 6.22. The predicted molar refractivity (Wildman–Crippen MR) is 154 cm³/mol. The van der Waals surface area contributed by atoms with Crippen LogP contribution in [-0.4, -0.2) is 43.5 Å². The highest BCUT2D eigenvalue weighted by atomic mass is 35.5. The van der Waals surface area contributed by atoms with E-state index in [9.17, 15) is 14.4 Å². The molecule has 6 rings (SSSR count). The van der Waals surface area contributed by atoms with Gasteiger partial charge in [-0.25, -0.2) is 9.78 Å². The molecule has 9 nitrogen and oxygen atoms in total. The van der Waals surface area contributed by atoms with Gasteiger partial charge in [0, 0.05) is 32.3 Å². The molecule has 1 aliphatic heterocycles. The van der Waals surface area contributed by atoms with Gasteiger partial charge in [-0.3, -0.25) is 28.6 Å². The highest BCUT2D eigenvalue weighted by molar-refractivity contribution is 6.30. The Kier molecular flexibility index (Phi) is 6.92. The third-order valence-electron chi connectivity index (χ3n) is 8.18. The van der Waals surface area contributed by atoms with Crippen molar-refractivity contribution in [2.75, 3.05) is 11.4 Å². The zero-order valence-corrected chi connectivity index (χ0v) is 23.3. The van der Waals surface area contributed by atoms with Gasteiger partial charge in [0.25, 0.3) is 5.91 Å². The Morgan fingerprint density at radius 2 is 1.80 bits per heavy atom. The van der Waals surface area contributed by atoms with Crippen molar-refractivity contribution >= 4 is 40.3 Å². The van der Waals surface area contributed by atoms with E-state index in [2.05, 4.69) is 15.3 Å². The average molecular weight is 559 g/mol. The minimum absolute atomic E-state index is 0.0290. The van der Waals surface area contributed by atoms with E-state index in [-0.39, 0.29) is 23.5 Å². The number of fused-ring (bicyclic) bond motifs is 2. The van der Waals surface area contributed by atoms with Crippen molar-refractivity contribution in [2.45, 2.75) is 58.5 Å². The Labute approximate surface area is 236 Å². The number of para-hydroxylation sites is 2. The summed E-state index contributed by atoms with van der Waals surface area (Å²) >= 11 is 6.05. The van der Waals surface area contributed by atoms with Gasteiger partial charge in [0.15, 0.2) is 0 Å². The van der Waals surface area contributed by atoms with E-state index in [1.165, 1.54) is 0 Å². The fraction of sp³-hybridized carbons (Fsp3) is 0.367. The molecule has 40 heavy (non-hydrogen) atoms. The minimum atomic E-state index is -0.149. The SMILES string of the molecule is CC(=O)N1CCc2cc(-n3c(=O)n(CC4CCC(NC(=O)c5cc(Cl)cnc5C)CC4)c4ccccc43)cnc21. The number of imidazole rings is 1. The first-order valence-electron chi connectivity index (χ1n) is 13.7. The van der Waals surface area contributed by atoms with Gasteiger partial charge in [-0.05, 0) is 74.8 Å². The number of aromatic nitrogens is 4. The van der Waals surface area contributed by atoms with Gasteiger partial charge in [-0.2, -0.15) is 0 Å². The van der Waals surface area contributed by atoms with Crippen molar-refractivity contribution < 1.29 is 9.59 Å². The molecule has 10 heteroatoms. The van der Waals surface area contributed by atoms with Crippen LogP contribution in [0.2, 0.25) is 5.02 Å². The highest BCUT2D eigenvalue weighted by Gasteiger charge is 2.27. The molecule has 0 bridgehead atoms. The number of carbonyl (C=O) groups excluding carboxylic acids is 2. The summed E-state index contributed by atoms with van der Waals surface area (Å²) in [6, 6.07) is 11.5. The molecule has 0 radical (unpaired) electrons. The minimum Gasteiger partial charge on any atom is -0.349 e. The molecule has 206 valence electrons. The smallest absolute Gasteiger partial charge is 0.333 e. The summed E-state index contributed by atoms with van der Waals surface area (Å²) in [5.74, 6) is 0.823. The van der Waals surface area contributed by atoms with Gasteiger partial charge < -0.3 is 5.32 Å². The molecular formula is C30H31ClN6O3. The molecule has 0 unspecified atom stereocenters. The van der Waals surface area contributed by atoms with E-state index >= 15 is 0 Å². The summed E-state index contributed by atoms with van der Waals surface area (Å²) in [5, 5.41) is 3.59. The van der Waals surface area contributed by atoms with Crippen LogP contribution in [0.25, 0.3) is 16.7 Å². The van der Waals surface area contributed by atoms with Gasteiger partial charge in [0.1, 0.15) is 5.82 Å². The van der Waals surface area contributed by atoms with Crippen molar-refractivity contribution in [3.8, 4) is 5.69 Å². The number of pyridine rings is 2. The molecule has 0 spiro atoms. The van der Waals surface area contributed by atoms with Gasteiger partial charge in [0.05, 0.1) is 39.2 Å². The molecule has 3 aromatic heterocycles. The van der Waals surface area contributed by atoms with Gasteiger partial charge >= 0.3 is 5.69 Å². The third kappa shape index (κ3) is 4.79. The molecule has 1 aromatic carbocycles. The predicted octanol–water partition coefficient (Wildman–Crippen LogP) is 4.44. The van der Waals surface area contributed by atoms with E-state index in [0.717, 1.165) is 48.7 Å². The zero-order valence-electron chi connectivity index (χ0n) is 22.6. The van der Waals surface area contributed by atoms with Crippen LogP contribution in [-0.2, 0) is 17.8 Å². The number of carbonyl (C=O) groups is 2. The molecule has 2 amide bonds. The standard InChI is InChI=1S/C30H31ClN6O3/c1-18-25(14-22(31)15-32-18)29(39)34-23-9-7-20(8-10-23)17-36-26-5-3-4-6-27(26)37(30(36)40)24-13-21-11-12-35(19(2)38)28(21)33-16-24/h3-6,13-16,20,23H,7-12,17H2,1-2H3,(H,34,39). The number of hydrogen-bond acceptors (Lipinski definition) is 5. The maximum absolute atomic E-state index is 13.8. The Bertz CT molecular complexity index is 1680. The first kappa shape index (κ1) is 26.3. The number of nitrogens with zero attached hydrogens (tertiary/aromatic N) is 5. The van der Waals surface area contributed by atoms with Crippen LogP contribution in [0.1, 0.15) is 54.2 Å². The van der Waals surface area contributed by atoms with Crippen LogP contribution in [0.3, 0.4) is 0 Å². The lowest BCUT2D eigenvalue weighted by Gasteiger charge is -2.29. The molecule has 1 N–H and O–H groups in total. The molecular weight excluding hydrogens is 528 g/mol. The number of benzene rings is 1. The largest absolute Gasteiger partial charge is 0.349 e. The highest BCUT2D eigenvalue weighted by Crippen LogP contribution is 2.30. The second kappa shape index (κ2) is 10.5. The molecule has 4 heterocycles. The van der Waals surface area contributed by atoms with Gasteiger partial charge in [-0.15, -0.1) is 0 Å². The Balaban J connectivity index is 1.20. The van der Waals surface area contributed by atoms with Crippen LogP contribution < -0.4 is 15.9 Å². The Hall–Kier alpha value is -3.98. The van der Waals surface area contributed by atoms with Crippen molar-refractivity contribution in [3.05, 3.63) is 81.1 Å². The lowest BCUT2D eigenvalue weighted by atomic mass is 9.85. The first-order valence-corrected chi connectivity index (χ1v) is 14.1. The average Bonchev–Trinajstić information content (AvgIpc) is 3.49. The summed E-state index contributed by atoms with van der Waals surface area (Å²) in [5.41, 5.74) is 4.47. The number of rotatable bonds is 5. The molecule has 4 aromatic rings. The Morgan fingerprint density at radius 3 is 2.55 bits per heavy atom. The number of aryl methyl sites for hydroxylation is 1. The number of halogens is 1. The zero-order chi connectivity index (χ0) is 28.0. The number of hydrogen-bond donors (Lipinski definition) is 1. The maximum Gasteiger partial charge on any atom is 0.333 e. The molecule has 0 saturated heterocycles. The lowest BCUT2D eigenvalue weighted by molar-refractivity contribution is -0.116. The normalized spacial score (nSPS) is 18.6. The van der Waals surface area contributed by atoms with Crippen molar-refractivity contribution in [1.29, 1.82) is 0 Å². The van der Waals surface area contributed by atoms with Crippen molar-refractivity contribution in [1.82, 2.24) is 24.4 Å². The van der Waals surface area contributed by atoms with Crippen LogP contribution >= 0.6 is 11.6 Å². The van der Waals surface area contributed by atoms with Crippen molar-refractivity contribution in [2.24, 2.45) is 5.92 Å². The van der Waals surface area contributed by atoms with E-state index in [1.807, 2.05) is 34.9 Å². The summed E-state index contributed by atoms with van der Waals surface area (Å²) < 4.78 is 3.60. The summed E-state index contributed by atoms with van der Waals surface area (Å²) in [6.07, 6.45) is 7.45. The van der Waals surface area contributed by atoms with E-state index in [0.29, 0.717) is 46.8 Å². The molecule has 1 aliphatic carbocycles. The second-order valence-corrected chi connectivity index (χ2v) is 11.2. The number of nitrogens with one attached hydrogen (secondary N) is 1. The van der Waals surface area contributed by atoms with Crippen LogP contribution in [0.5, 0.6) is 0 Å². The van der Waals surface area contributed by atoms with Gasteiger partial charge in [0.2, 0.25) is 5.91 Å². The van der Waals surface area contributed by atoms with E-state index < -0.39 is 0 Å². The molecule has 0 atom stereocenters. The quantitative estimate of drug-likeness (QED) is 0.390. The monoisotopic (exact) mass is 558 g/mol. The molecule has 1 saturated carbocycles. The van der Waals surface area contributed by atoms with E-state index in [4.69, 9.17) is 11.6 Å². The molecule has 1 fully saturated rings. The maximum atomic E-state index is 13.8. The third-order valence-corrected chi connectivity index (χ3v) is 8.39. The topological polar surface area (TPSA) is 102 Å². The van der Waals surface area contributed by atoms with Crippen molar-refractivity contribution in [3.63, 3.8) is 0 Å². The van der Waals surface area contributed by atoms with E-state index in [1.54, 1.807) is 41.8 Å².